The number of amides is 2. The first-order chi connectivity index (χ1) is 10.2. The maximum atomic E-state index is 12.1. The zero-order chi connectivity index (χ0) is 16.9. The van der Waals surface area contributed by atoms with Crippen molar-refractivity contribution in [2.24, 2.45) is 11.7 Å². The Bertz CT molecular complexity index is 545. The van der Waals surface area contributed by atoms with Gasteiger partial charge in [-0.05, 0) is 29.9 Å². The van der Waals surface area contributed by atoms with Crippen molar-refractivity contribution in [1.29, 1.82) is 0 Å². The molecule has 2 amide bonds. The summed E-state index contributed by atoms with van der Waals surface area (Å²) < 4.78 is 0. The van der Waals surface area contributed by atoms with Crippen molar-refractivity contribution in [3.63, 3.8) is 0 Å². The number of halogens is 1. The fraction of sp³-hybridized carbons (Fsp3) is 0.529. The zero-order valence-electron chi connectivity index (χ0n) is 14.5. The Morgan fingerprint density at radius 1 is 1.17 bits per heavy atom. The topological polar surface area (TPSA) is 84.2 Å². The monoisotopic (exact) mass is 341 g/mol. The minimum absolute atomic E-state index is 0. The lowest BCUT2D eigenvalue weighted by Crippen LogP contribution is -2.46. The van der Waals surface area contributed by atoms with Crippen LogP contribution in [0.4, 0.5) is 5.69 Å². The number of aryl methyl sites for hydroxylation is 1. The van der Waals surface area contributed by atoms with Gasteiger partial charge in [0.1, 0.15) is 0 Å². The molecule has 0 fully saturated rings. The van der Waals surface area contributed by atoms with Crippen LogP contribution in [0.25, 0.3) is 0 Å². The molecule has 0 saturated carbocycles. The number of para-hydroxylation sites is 1. The molecule has 0 bridgehead atoms. The average Bonchev–Trinajstić information content (AvgIpc) is 2.45. The molecule has 0 aliphatic carbocycles. The number of rotatable bonds is 6. The molecule has 5 nitrogen and oxygen atoms in total. The first-order valence-electron chi connectivity index (χ1n) is 7.66. The molecule has 130 valence electrons. The Balaban J connectivity index is 0.00000484. The summed E-state index contributed by atoms with van der Waals surface area (Å²) in [6.07, 6.45) is 0. The molecule has 0 aliphatic heterocycles. The molecule has 4 N–H and O–H groups in total. The van der Waals surface area contributed by atoms with E-state index in [9.17, 15) is 9.59 Å². The van der Waals surface area contributed by atoms with Gasteiger partial charge in [-0.15, -0.1) is 12.4 Å². The van der Waals surface area contributed by atoms with Gasteiger partial charge in [-0.1, -0.05) is 45.9 Å². The third-order valence-corrected chi connectivity index (χ3v) is 3.64. The Morgan fingerprint density at radius 2 is 1.78 bits per heavy atom. The molecule has 0 aromatic heterocycles. The Hall–Kier alpha value is -1.59. The minimum Gasteiger partial charge on any atom is -0.346 e. The van der Waals surface area contributed by atoms with Gasteiger partial charge in [-0.2, -0.15) is 0 Å². The second-order valence-electron chi connectivity index (χ2n) is 6.23. The van der Waals surface area contributed by atoms with Gasteiger partial charge in [0.25, 0.3) is 0 Å². The lowest BCUT2D eigenvalue weighted by atomic mass is 9.98. The van der Waals surface area contributed by atoms with E-state index in [1.54, 1.807) is 0 Å². The van der Waals surface area contributed by atoms with E-state index in [1.807, 2.05) is 39.0 Å². The van der Waals surface area contributed by atoms with Crippen molar-refractivity contribution in [3.8, 4) is 0 Å². The number of benzene rings is 1. The molecule has 0 radical (unpaired) electrons. The Kier molecular flexibility index (Phi) is 8.87. The number of anilines is 1. The molecular formula is C17H28ClN3O2. The highest BCUT2D eigenvalue weighted by molar-refractivity contribution is 5.96. The van der Waals surface area contributed by atoms with E-state index in [0.717, 1.165) is 16.8 Å². The SMILES string of the molecule is Cc1cccc(C(C)C)c1NC(=O)CNC(=O)[C@@H](N)C(C)C.Cl. The van der Waals surface area contributed by atoms with Crippen LogP contribution in [0.1, 0.15) is 44.7 Å². The largest absolute Gasteiger partial charge is 0.346 e. The smallest absolute Gasteiger partial charge is 0.243 e. The highest BCUT2D eigenvalue weighted by Gasteiger charge is 2.18. The van der Waals surface area contributed by atoms with Crippen LogP contribution < -0.4 is 16.4 Å². The predicted octanol–water partition coefficient (Wildman–Crippen LogP) is 2.58. The fourth-order valence-corrected chi connectivity index (χ4v) is 2.11. The van der Waals surface area contributed by atoms with Crippen molar-refractivity contribution in [1.82, 2.24) is 5.32 Å². The second kappa shape index (κ2) is 9.53. The molecule has 1 atom stereocenters. The maximum absolute atomic E-state index is 12.1. The van der Waals surface area contributed by atoms with Gasteiger partial charge >= 0.3 is 0 Å². The van der Waals surface area contributed by atoms with Crippen LogP contribution in [-0.2, 0) is 9.59 Å². The summed E-state index contributed by atoms with van der Waals surface area (Å²) in [6, 6.07) is 5.33. The predicted molar refractivity (Wildman–Crippen MR) is 97.0 cm³/mol. The van der Waals surface area contributed by atoms with Crippen LogP contribution in [0.3, 0.4) is 0 Å². The lowest BCUT2D eigenvalue weighted by molar-refractivity contribution is -0.125. The molecule has 1 aromatic rings. The number of carbonyl (C=O) groups is 2. The molecule has 0 saturated heterocycles. The van der Waals surface area contributed by atoms with Crippen LogP contribution in [0.5, 0.6) is 0 Å². The number of nitrogens with two attached hydrogens (primary N) is 1. The summed E-state index contributed by atoms with van der Waals surface area (Å²) in [7, 11) is 0. The molecule has 6 heteroatoms. The van der Waals surface area contributed by atoms with Crippen molar-refractivity contribution in [2.45, 2.75) is 46.6 Å². The van der Waals surface area contributed by atoms with Gasteiger partial charge in [0.2, 0.25) is 11.8 Å². The van der Waals surface area contributed by atoms with E-state index in [-0.39, 0.29) is 36.7 Å². The Morgan fingerprint density at radius 3 is 2.30 bits per heavy atom. The molecule has 0 unspecified atom stereocenters. The van der Waals surface area contributed by atoms with Crippen molar-refractivity contribution >= 4 is 29.9 Å². The zero-order valence-corrected chi connectivity index (χ0v) is 15.3. The summed E-state index contributed by atoms with van der Waals surface area (Å²) >= 11 is 0. The first kappa shape index (κ1) is 21.4. The summed E-state index contributed by atoms with van der Waals surface area (Å²) in [5.41, 5.74) is 8.65. The third-order valence-electron chi connectivity index (χ3n) is 3.64. The van der Waals surface area contributed by atoms with Crippen molar-refractivity contribution in [2.75, 3.05) is 11.9 Å². The first-order valence-corrected chi connectivity index (χ1v) is 7.66. The van der Waals surface area contributed by atoms with Gasteiger partial charge in [-0.3, -0.25) is 9.59 Å². The Labute approximate surface area is 144 Å². The third kappa shape index (κ3) is 6.20. The number of hydrogen-bond acceptors (Lipinski definition) is 3. The average molecular weight is 342 g/mol. The molecular weight excluding hydrogens is 314 g/mol. The second-order valence-corrected chi connectivity index (χ2v) is 6.23. The van der Waals surface area contributed by atoms with E-state index in [0.29, 0.717) is 5.92 Å². The van der Waals surface area contributed by atoms with E-state index < -0.39 is 6.04 Å². The quantitative estimate of drug-likeness (QED) is 0.743. The van der Waals surface area contributed by atoms with E-state index in [1.165, 1.54) is 0 Å². The summed E-state index contributed by atoms with van der Waals surface area (Å²) in [5, 5.41) is 5.47. The van der Waals surface area contributed by atoms with Gasteiger partial charge in [0.05, 0.1) is 12.6 Å². The van der Waals surface area contributed by atoms with Crippen LogP contribution in [0.2, 0.25) is 0 Å². The highest BCUT2D eigenvalue weighted by Crippen LogP contribution is 2.27. The summed E-state index contributed by atoms with van der Waals surface area (Å²) in [4.78, 5) is 23.8. The summed E-state index contributed by atoms with van der Waals surface area (Å²) in [6.45, 7) is 9.76. The van der Waals surface area contributed by atoms with Gasteiger partial charge < -0.3 is 16.4 Å². The van der Waals surface area contributed by atoms with Gasteiger partial charge in [0.15, 0.2) is 0 Å². The minimum atomic E-state index is -0.600. The summed E-state index contributed by atoms with van der Waals surface area (Å²) in [5.74, 6) is -0.217. The fourth-order valence-electron chi connectivity index (χ4n) is 2.11. The molecule has 0 spiro atoms. The van der Waals surface area contributed by atoms with E-state index in [4.69, 9.17) is 5.73 Å². The van der Waals surface area contributed by atoms with E-state index >= 15 is 0 Å². The number of nitrogens with one attached hydrogen (secondary N) is 2. The molecule has 1 rings (SSSR count). The molecule has 0 heterocycles. The number of hydrogen-bond donors (Lipinski definition) is 3. The molecule has 1 aromatic carbocycles. The van der Waals surface area contributed by atoms with Crippen LogP contribution >= 0.6 is 12.4 Å². The van der Waals surface area contributed by atoms with Crippen LogP contribution in [0.15, 0.2) is 18.2 Å². The normalized spacial score (nSPS) is 11.8. The van der Waals surface area contributed by atoms with Gasteiger partial charge in [0, 0.05) is 5.69 Å². The maximum Gasteiger partial charge on any atom is 0.243 e. The van der Waals surface area contributed by atoms with E-state index in [2.05, 4.69) is 24.5 Å². The molecule has 0 aliphatic rings. The highest BCUT2D eigenvalue weighted by atomic mass is 35.5. The van der Waals surface area contributed by atoms with Gasteiger partial charge in [-0.25, -0.2) is 0 Å². The lowest BCUT2D eigenvalue weighted by Gasteiger charge is -2.18. The van der Waals surface area contributed by atoms with Crippen LogP contribution in [0, 0.1) is 12.8 Å². The standard InChI is InChI=1S/C17H27N3O2.ClH/c1-10(2)13-8-6-7-12(5)16(13)20-14(21)9-19-17(22)15(18)11(3)4;/h6-8,10-11,15H,9,18H2,1-5H3,(H,19,22)(H,20,21);1H/t15-;/m0./s1. The van der Waals surface area contributed by atoms with Crippen molar-refractivity contribution in [3.05, 3.63) is 29.3 Å². The molecule has 23 heavy (non-hydrogen) atoms. The van der Waals surface area contributed by atoms with Crippen molar-refractivity contribution < 1.29 is 9.59 Å². The van der Waals surface area contributed by atoms with Crippen LogP contribution in [-0.4, -0.2) is 24.4 Å². The number of carbonyl (C=O) groups excluding carboxylic acids is 2.